The summed E-state index contributed by atoms with van der Waals surface area (Å²) >= 11 is 0. The van der Waals surface area contributed by atoms with E-state index in [4.69, 9.17) is 0 Å². The summed E-state index contributed by atoms with van der Waals surface area (Å²) in [4.78, 5) is 10.2. The third-order valence-electron chi connectivity index (χ3n) is 1.53. The van der Waals surface area contributed by atoms with Gasteiger partial charge in [0.15, 0.2) is 5.03 Å². The molecule has 0 spiro atoms. The molecule has 0 bridgehead atoms. The standard InChI is InChI=1S/C8H10N2O2/c1-9(10(11)12)7-8-5-3-2-4-6-8/h2-6H,7H2,1H3. The second kappa shape index (κ2) is 3.71. The second-order valence-electron chi connectivity index (χ2n) is 2.54. The molecule has 0 aromatic heterocycles. The van der Waals surface area contributed by atoms with Crippen LogP contribution in [0.15, 0.2) is 30.3 Å². The van der Waals surface area contributed by atoms with Crippen molar-refractivity contribution in [2.75, 3.05) is 7.05 Å². The van der Waals surface area contributed by atoms with Crippen molar-refractivity contribution in [1.82, 2.24) is 5.01 Å². The minimum Gasteiger partial charge on any atom is -0.235 e. The van der Waals surface area contributed by atoms with Crippen LogP contribution in [0.1, 0.15) is 5.56 Å². The number of hydrazine groups is 1. The maximum atomic E-state index is 10.2. The van der Waals surface area contributed by atoms with E-state index in [1.165, 1.54) is 7.05 Å². The molecule has 4 nitrogen and oxygen atoms in total. The fourth-order valence-electron chi connectivity index (χ4n) is 0.905. The Morgan fingerprint density at radius 3 is 2.50 bits per heavy atom. The lowest BCUT2D eigenvalue weighted by Gasteiger charge is -2.07. The van der Waals surface area contributed by atoms with Gasteiger partial charge in [-0.1, -0.05) is 30.3 Å². The molecule has 1 aromatic carbocycles. The zero-order chi connectivity index (χ0) is 8.97. The van der Waals surface area contributed by atoms with Crippen molar-refractivity contribution in [1.29, 1.82) is 0 Å². The van der Waals surface area contributed by atoms with Crippen LogP contribution in [0.5, 0.6) is 0 Å². The van der Waals surface area contributed by atoms with E-state index in [-0.39, 0.29) is 0 Å². The van der Waals surface area contributed by atoms with Crippen LogP contribution in [-0.2, 0) is 6.54 Å². The first-order chi connectivity index (χ1) is 5.70. The molecule has 0 saturated carbocycles. The Morgan fingerprint density at radius 2 is 2.00 bits per heavy atom. The molecule has 0 heterocycles. The third-order valence-corrected chi connectivity index (χ3v) is 1.53. The predicted molar refractivity (Wildman–Crippen MR) is 44.9 cm³/mol. The van der Waals surface area contributed by atoms with E-state index in [1.807, 2.05) is 30.3 Å². The first-order valence-electron chi connectivity index (χ1n) is 3.59. The highest BCUT2D eigenvalue weighted by Crippen LogP contribution is 2.01. The highest BCUT2D eigenvalue weighted by Gasteiger charge is 2.06. The first kappa shape index (κ1) is 8.52. The average molecular weight is 166 g/mol. The lowest BCUT2D eigenvalue weighted by molar-refractivity contribution is -0.652. The summed E-state index contributed by atoms with van der Waals surface area (Å²) in [7, 11) is 1.45. The SMILES string of the molecule is CN(Cc1ccccc1)[N+](=O)[O-]. The fourth-order valence-corrected chi connectivity index (χ4v) is 0.905. The maximum Gasteiger partial charge on any atom is 0.160 e. The lowest BCUT2D eigenvalue weighted by Crippen LogP contribution is -2.24. The monoisotopic (exact) mass is 166 g/mol. The average Bonchev–Trinajstić information content (AvgIpc) is 2.06. The van der Waals surface area contributed by atoms with Crippen LogP contribution in [0.3, 0.4) is 0 Å². The van der Waals surface area contributed by atoms with Crippen molar-refractivity contribution in [2.24, 2.45) is 0 Å². The van der Waals surface area contributed by atoms with E-state index in [0.717, 1.165) is 10.6 Å². The minimum absolute atomic E-state index is 0.341. The molecule has 0 fully saturated rings. The second-order valence-corrected chi connectivity index (χ2v) is 2.54. The van der Waals surface area contributed by atoms with E-state index in [0.29, 0.717) is 6.54 Å². The number of nitro groups is 1. The van der Waals surface area contributed by atoms with Gasteiger partial charge in [-0.3, -0.25) is 0 Å². The van der Waals surface area contributed by atoms with Gasteiger partial charge in [0.05, 0.1) is 7.05 Å². The van der Waals surface area contributed by atoms with Gasteiger partial charge < -0.3 is 0 Å². The van der Waals surface area contributed by atoms with Gasteiger partial charge in [-0.15, -0.1) is 5.01 Å². The molecule has 0 N–H and O–H groups in total. The lowest BCUT2D eigenvalue weighted by atomic mass is 10.2. The fraction of sp³-hybridized carbons (Fsp3) is 0.250. The van der Waals surface area contributed by atoms with Gasteiger partial charge in [-0.25, -0.2) is 10.1 Å². The molecule has 0 unspecified atom stereocenters. The van der Waals surface area contributed by atoms with Crippen LogP contribution in [0.4, 0.5) is 0 Å². The molecule has 1 rings (SSSR count). The first-order valence-corrected chi connectivity index (χ1v) is 3.59. The molecular formula is C8H10N2O2. The molecule has 64 valence electrons. The van der Waals surface area contributed by atoms with Crippen LogP contribution in [-0.4, -0.2) is 17.1 Å². The van der Waals surface area contributed by atoms with Gasteiger partial charge in [-0.05, 0) is 5.56 Å². The molecule has 4 heteroatoms. The largest absolute Gasteiger partial charge is 0.235 e. The number of rotatable bonds is 3. The molecule has 0 amide bonds. The zero-order valence-corrected chi connectivity index (χ0v) is 6.80. The number of benzene rings is 1. The quantitative estimate of drug-likeness (QED) is 0.502. The van der Waals surface area contributed by atoms with E-state index < -0.39 is 5.03 Å². The van der Waals surface area contributed by atoms with E-state index in [9.17, 15) is 10.1 Å². The molecule has 12 heavy (non-hydrogen) atoms. The molecule has 0 saturated heterocycles. The number of nitrogens with zero attached hydrogens (tertiary/aromatic N) is 2. The summed E-state index contributed by atoms with van der Waals surface area (Å²) in [5.41, 5.74) is 0.941. The zero-order valence-electron chi connectivity index (χ0n) is 6.80. The van der Waals surface area contributed by atoms with Crippen LogP contribution in [0.2, 0.25) is 0 Å². The van der Waals surface area contributed by atoms with Crippen LogP contribution >= 0.6 is 0 Å². The summed E-state index contributed by atoms with van der Waals surface area (Å²) in [6, 6.07) is 9.34. The van der Waals surface area contributed by atoms with Gasteiger partial charge in [-0.2, -0.15) is 0 Å². The van der Waals surface area contributed by atoms with Gasteiger partial charge in [0, 0.05) is 0 Å². The summed E-state index contributed by atoms with van der Waals surface area (Å²) in [6.07, 6.45) is 0. The molecule has 1 aromatic rings. The van der Waals surface area contributed by atoms with Gasteiger partial charge in [0.2, 0.25) is 0 Å². The van der Waals surface area contributed by atoms with Crippen molar-refractivity contribution < 1.29 is 5.03 Å². The van der Waals surface area contributed by atoms with E-state index in [1.54, 1.807) is 0 Å². The van der Waals surface area contributed by atoms with Crippen molar-refractivity contribution >= 4 is 0 Å². The molecule has 0 aliphatic rings. The van der Waals surface area contributed by atoms with Crippen LogP contribution in [0.25, 0.3) is 0 Å². The maximum absolute atomic E-state index is 10.2. The Balaban J connectivity index is 2.58. The molecule has 0 atom stereocenters. The summed E-state index contributed by atoms with van der Waals surface area (Å²) in [5, 5.41) is 10.9. The normalized spacial score (nSPS) is 9.42. The summed E-state index contributed by atoms with van der Waals surface area (Å²) in [6.45, 7) is 0.341. The Kier molecular flexibility index (Phi) is 2.63. The molecular weight excluding hydrogens is 156 g/mol. The van der Waals surface area contributed by atoms with Crippen molar-refractivity contribution in [3.63, 3.8) is 0 Å². The smallest absolute Gasteiger partial charge is 0.160 e. The Labute approximate surface area is 70.5 Å². The van der Waals surface area contributed by atoms with Gasteiger partial charge >= 0.3 is 0 Å². The predicted octanol–water partition coefficient (Wildman–Crippen LogP) is 1.31. The number of hydrogen-bond donors (Lipinski definition) is 0. The topological polar surface area (TPSA) is 46.4 Å². The summed E-state index contributed by atoms with van der Waals surface area (Å²) in [5.74, 6) is 0. The molecule has 0 radical (unpaired) electrons. The highest BCUT2D eigenvalue weighted by molar-refractivity contribution is 5.13. The minimum atomic E-state index is -0.424. The molecule has 0 aliphatic carbocycles. The van der Waals surface area contributed by atoms with Gasteiger partial charge in [0.1, 0.15) is 6.54 Å². The third kappa shape index (κ3) is 2.23. The summed E-state index contributed by atoms with van der Waals surface area (Å²) < 4.78 is 0. The Bertz CT molecular complexity index is 261. The van der Waals surface area contributed by atoms with Crippen LogP contribution < -0.4 is 0 Å². The Hall–Kier alpha value is -1.58. The Morgan fingerprint density at radius 1 is 1.42 bits per heavy atom. The van der Waals surface area contributed by atoms with E-state index >= 15 is 0 Å². The van der Waals surface area contributed by atoms with E-state index in [2.05, 4.69) is 0 Å². The molecule has 0 aliphatic heterocycles. The number of hydrogen-bond acceptors (Lipinski definition) is 2. The van der Waals surface area contributed by atoms with Crippen molar-refractivity contribution in [3.05, 3.63) is 46.0 Å². The highest BCUT2D eigenvalue weighted by atomic mass is 16.7. The van der Waals surface area contributed by atoms with Crippen molar-refractivity contribution in [3.8, 4) is 0 Å². The van der Waals surface area contributed by atoms with Gasteiger partial charge in [0.25, 0.3) is 0 Å². The van der Waals surface area contributed by atoms with Crippen molar-refractivity contribution in [2.45, 2.75) is 6.54 Å². The van der Waals surface area contributed by atoms with Crippen LogP contribution in [0, 0.1) is 10.1 Å².